The van der Waals surface area contributed by atoms with E-state index >= 15 is 0 Å². The topological polar surface area (TPSA) is 34.1 Å². The van der Waals surface area contributed by atoms with Gasteiger partial charge in [0.05, 0.1) is 0 Å². The fourth-order valence-electron chi connectivity index (χ4n) is 2.37. The Hall–Kier alpha value is -1.16. The van der Waals surface area contributed by atoms with E-state index in [0.29, 0.717) is 18.1 Å². The fourth-order valence-corrected chi connectivity index (χ4v) is 2.37. The lowest BCUT2D eigenvalue weighted by atomic mass is 10.0. The van der Waals surface area contributed by atoms with Gasteiger partial charge in [0, 0.05) is 18.8 Å². The van der Waals surface area contributed by atoms with E-state index in [1.165, 1.54) is 19.0 Å². The van der Waals surface area contributed by atoms with E-state index < -0.39 is 5.95 Å². The molecule has 0 radical (unpaired) electrons. The molecule has 0 aromatic carbocycles. The van der Waals surface area contributed by atoms with Crippen LogP contribution in [0.3, 0.4) is 0 Å². The van der Waals surface area contributed by atoms with Crippen molar-refractivity contribution in [3.63, 3.8) is 0 Å². The highest BCUT2D eigenvalue weighted by atomic mass is 19.1. The third-order valence-corrected chi connectivity index (χ3v) is 3.57. The minimum absolute atomic E-state index is 0.251. The van der Waals surface area contributed by atoms with Crippen molar-refractivity contribution in [2.24, 2.45) is 5.41 Å². The van der Waals surface area contributed by atoms with Gasteiger partial charge in [-0.05, 0) is 36.8 Å². The Morgan fingerprint density at radius 2 is 2.44 bits per heavy atom. The highest BCUT2D eigenvalue weighted by molar-refractivity contribution is 5.18. The average Bonchev–Trinajstić information content (AvgIpc) is 2.91. The lowest BCUT2D eigenvalue weighted by Gasteiger charge is -2.12. The maximum atomic E-state index is 13.2. The molecule has 4 heteroatoms. The van der Waals surface area contributed by atoms with E-state index in [9.17, 15) is 4.39 Å². The zero-order chi connectivity index (χ0) is 11.0. The average molecular weight is 222 g/mol. The molecule has 3 rings (SSSR count). The number of rotatable bonds is 3. The van der Waals surface area contributed by atoms with Gasteiger partial charge in [-0.3, -0.25) is 0 Å². The molecule has 86 valence electrons. The van der Waals surface area contributed by atoms with Gasteiger partial charge in [0.1, 0.15) is 6.61 Å². The number of hydrogen-bond donors (Lipinski definition) is 1. The zero-order valence-electron chi connectivity index (χ0n) is 9.08. The van der Waals surface area contributed by atoms with Gasteiger partial charge < -0.3 is 10.1 Å². The minimum atomic E-state index is -0.526. The third-order valence-electron chi connectivity index (χ3n) is 3.57. The maximum Gasteiger partial charge on any atom is 0.255 e. The van der Waals surface area contributed by atoms with Crippen molar-refractivity contribution >= 4 is 0 Å². The van der Waals surface area contributed by atoms with Crippen molar-refractivity contribution in [2.75, 3.05) is 13.2 Å². The summed E-state index contributed by atoms with van der Waals surface area (Å²) in [6.45, 7) is 1.63. The first-order valence-corrected chi connectivity index (χ1v) is 5.74. The molecule has 1 aliphatic carbocycles. The van der Waals surface area contributed by atoms with Gasteiger partial charge >= 0.3 is 0 Å². The Morgan fingerprint density at radius 3 is 3.12 bits per heavy atom. The Bertz CT molecular complexity index is 392. The maximum absolute atomic E-state index is 13.2. The molecule has 16 heavy (non-hydrogen) atoms. The SMILES string of the molecule is Fc1ncccc1OC[C@@H]1CC2(CC2)CN1. The summed E-state index contributed by atoms with van der Waals surface area (Å²) >= 11 is 0. The van der Waals surface area contributed by atoms with Crippen LogP contribution in [0.2, 0.25) is 0 Å². The highest BCUT2D eigenvalue weighted by Gasteiger charge is 2.48. The monoisotopic (exact) mass is 222 g/mol. The third kappa shape index (κ3) is 1.89. The summed E-state index contributed by atoms with van der Waals surface area (Å²) in [5.74, 6) is -0.275. The van der Waals surface area contributed by atoms with Crippen LogP contribution in [0.15, 0.2) is 18.3 Å². The molecule has 1 saturated heterocycles. The molecule has 2 fully saturated rings. The highest BCUT2D eigenvalue weighted by Crippen LogP contribution is 2.51. The number of pyridine rings is 1. The van der Waals surface area contributed by atoms with Crippen molar-refractivity contribution < 1.29 is 9.13 Å². The molecule has 0 amide bonds. The molecule has 1 atom stereocenters. The van der Waals surface area contributed by atoms with E-state index in [1.54, 1.807) is 12.1 Å². The van der Waals surface area contributed by atoms with Gasteiger partial charge in [0.15, 0.2) is 5.75 Å². The fraction of sp³-hybridized carbons (Fsp3) is 0.583. The molecule has 2 aliphatic rings. The number of hydrogen-bond acceptors (Lipinski definition) is 3. The van der Waals surface area contributed by atoms with Gasteiger partial charge in [0.25, 0.3) is 5.95 Å². The summed E-state index contributed by atoms with van der Waals surface area (Å²) in [6, 6.07) is 3.66. The first-order chi connectivity index (χ1) is 7.77. The van der Waals surface area contributed by atoms with E-state index in [0.717, 1.165) is 13.0 Å². The summed E-state index contributed by atoms with van der Waals surface area (Å²) in [4.78, 5) is 3.55. The van der Waals surface area contributed by atoms with Gasteiger partial charge in [-0.15, -0.1) is 0 Å². The predicted molar refractivity (Wildman–Crippen MR) is 57.8 cm³/mol. The smallest absolute Gasteiger partial charge is 0.255 e. The van der Waals surface area contributed by atoms with Crippen LogP contribution in [0.25, 0.3) is 0 Å². The first kappa shape index (κ1) is 10.0. The molecule has 1 aliphatic heterocycles. The van der Waals surface area contributed by atoms with Gasteiger partial charge in [-0.2, -0.15) is 4.39 Å². The second-order valence-corrected chi connectivity index (χ2v) is 4.89. The summed E-state index contributed by atoms with van der Waals surface area (Å²) in [6.07, 6.45) is 5.25. The van der Waals surface area contributed by atoms with Crippen LogP contribution in [0.4, 0.5) is 4.39 Å². The molecule has 0 unspecified atom stereocenters. The Balaban J connectivity index is 1.55. The van der Waals surface area contributed by atoms with Crippen LogP contribution in [0.5, 0.6) is 5.75 Å². The Morgan fingerprint density at radius 1 is 1.56 bits per heavy atom. The second kappa shape index (κ2) is 3.70. The van der Waals surface area contributed by atoms with Gasteiger partial charge in [0.2, 0.25) is 0 Å². The molecule has 1 N–H and O–H groups in total. The van der Waals surface area contributed by atoms with Gasteiger partial charge in [-0.25, -0.2) is 4.98 Å². The number of halogens is 1. The standard InChI is InChI=1S/C12H15FN2O/c13-11-10(2-1-5-14-11)16-7-9-6-12(3-4-12)8-15-9/h1-2,5,9,15H,3-4,6-8H2/t9-/m0/s1. The van der Waals surface area contributed by atoms with E-state index in [1.807, 2.05) is 0 Å². The van der Waals surface area contributed by atoms with Crippen LogP contribution < -0.4 is 10.1 Å². The van der Waals surface area contributed by atoms with Crippen molar-refractivity contribution in [3.05, 3.63) is 24.3 Å². The van der Waals surface area contributed by atoms with Crippen molar-refractivity contribution in [1.82, 2.24) is 10.3 Å². The van der Waals surface area contributed by atoms with Crippen LogP contribution >= 0.6 is 0 Å². The Labute approximate surface area is 94.0 Å². The summed E-state index contributed by atoms with van der Waals surface area (Å²) < 4.78 is 18.6. The summed E-state index contributed by atoms with van der Waals surface area (Å²) in [7, 11) is 0. The molecular formula is C12H15FN2O. The van der Waals surface area contributed by atoms with E-state index in [-0.39, 0.29) is 5.75 Å². The molecule has 1 spiro atoms. The summed E-state index contributed by atoms with van der Waals surface area (Å²) in [5.41, 5.74) is 0.557. The molecule has 1 aromatic rings. The minimum Gasteiger partial charge on any atom is -0.487 e. The molecule has 3 nitrogen and oxygen atoms in total. The van der Waals surface area contributed by atoms with Crippen LogP contribution in [-0.4, -0.2) is 24.2 Å². The number of nitrogens with one attached hydrogen (secondary N) is 1. The number of aromatic nitrogens is 1. The lowest BCUT2D eigenvalue weighted by molar-refractivity contribution is 0.259. The molecule has 1 aromatic heterocycles. The predicted octanol–water partition coefficient (Wildman–Crippen LogP) is 1.74. The normalized spacial score (nSPS) is 25.9. The van der Waals surface area contributed by atoms with Crippen LogP contribution in [0.1, 0.15) is 19.3 Å². The number of nitrogens with zero attached hydrogens (tertiary/aromatic N) is 1. The quantitative estimate of drug-likeness (QED) is 0.791. The first-order valence-electron chi connectivity index (χ1n) is 5.74. The van der Waals surface area contributed by atoms with Crippen molar-refractivity contribution in [2.45, 2.75) is 25.3 Å². The van der Waals surface area contributed by atoms with E-state index in [2.05, 4.69) is 10.3 Å². The Kier molecular flexibility index (Phi) is 2.32. The number of ether oxygens (including phenoxy) is 1. The molecular weight excluding hydrogens is 207 g/mol. The van der Waals surface area contributed by atoms with Crippen LogP contribution in [0, 0.1) is 11.4 Å². The van der Waals surface area contributed by atoms with Crippen molar-refractivity contribution in [3.8, 4) is 5.75 Å². The van der Waals surface area contributed by atoms with Gasteiger partial charge in [-0.1, -0.05) is 0 Å². The molecule has 1 saturated carbocycles. The largest absolute Gasteiger partial charge is 0.487 e. The molecule has 0 bridgehead atoms. The zero-order valence-corrected chi connectivity index (χ0v) is 9.08. The van der Waals surface area contributed by atoms with Crippen LogP contribution in [-0.2, 0) is 0 Å². The molecule has 2 heterocycles. The second-order valence-electron chi connectivity index (χ2n) is 4.89. The summed E-state index contributed by atoms with van der Waals surface area (Å²) in [5, 5.41) is 3.43. The van der Waals surface area contributed by atoms with Crippen molar-refractivity contribution in [1.29, 1.82) is 0 Å². The lowest BCUT2D eigenvalue weighted by Crippen LogP contribution is -2.28. The van der Waals surface area contributed by atoms with E-state index in [4.69, 9.17) is 4.74 Å².